The van der Waals surface area contributed by atoms with Gasteiger partial charge in [-0.25, -0.2) is 13.8 Å². The number of benzene rings is 2. The largest absolute Gasteiger partial charge is 0.326 e. The smallest absolute Gasteiger partial charge is 0.255 e. The Hall–Kier alpha value is -3.76. The summed E-state index contributed by atoms with van der Waals surface area (Å²) in [5.41, 5.74) is 7.90. The van der Waals surface area contributed by atoms with Gasteiger partial charge in [-0.2, -0.15) is 9.41 Å². The second-order valence-corrected chi connectivity index (χ2v) is 10.3. The van der Waals surface area contributed by atoms with Crippen molar-refractivity contribution >= 4 is 33.7 Å². The van der Waals surface area contributed by atoms with Crippen molar-refractivity contribution in [3.8, 4) is 5.69 Å². The van der Waals surface area contributed by atoms with Gasteiger partial charge >= 0.3 is 0 Å². The molecule has 10 heteroatoms. The molecule has 184 valence electrons. The molecule has 2 N–H and O–H groups in total. The highest BCUT2D eigenvalue weighted by Gasteiger charge is 2.23. The molecule has 1 aromatic heterocycles. The number of carbonyl (C=O) groups excluding carboxylic acids is 2. The standard InChI is InChI=1S/C25H29N5O4S/c1-17-6-10-23(11-7-17)30-18(2)14-21(19(30)3)15-26-28-25(32)16-29(5)35(33,34)24-12-8-22(9-13-24)27-20(4)31/h6-15H,16H2,1-5H3,(H,27,31)(H,28,32)/b26-15-. The van der Waals surface area contributed by atoms with Crippen LogP contribution in [0.3, 0.4) is 0 Å². The molecule has 3 aromatic rings. The second kappa shape index (κ2) is 10.7. The minimum Gasteiger partial charge on any atom is -0.326 e. The Balaban J connectivity index is 1.63. The van der Waals surface area contributed by atoms with Gasteiger partial charge < -0.3 is 9.88 Å². The van der Waals surface area contributed by atoms with Gasteiger partial charge in [-0.1, -0.05) is 17.7 Å². The third-order valence-electron chi connectivity index (χ3n) is 5.40. The van der Waals surface area contributed by atoms with Gasteiger partial charge in [0.15, 0.2) is 0 Å². The van der Waals surface area contributed by atoms with E-state index in [9.17, 15) is 18.0 Å². The predicted octanol–water partition coefficient (Wildman–Crippen LogP) is 3.13. The summed E-state index contributed by atoms with van der Waals surface area (Å²) < 4.78 is 28.5. The average molecular weight is 496 g/mol. The van der Waals surface area contributed by atoms with Crippen LogP contribution in [0.2, 0.25) is 0 Å². The van der Waals surface area contributed by atoms with E-state index < -0.39 is 22.5 Å². The first-order chi connectivity index (χ1) is 16.5. The molecule has 0 bridgehead atoms. The Labute approximate surface area is 205 Å². The topological polar surface area (TPSA) is 113 Å². The van der Waals surface area contributed by atoms with Crippen LogP contribution >= 0.6 is 0 Å². The van der Waals surface area contributed by atoms with Crippen molar-refractivity contribution in [3.05, 3.63) is 77.1 Å². The van der Waals surface area contributed by atoms with E-state index in [0.29, 0.717) is 5.69 Å². The van der Waals surface area contributed by atoms with Crippen LogP contribution in [-0.4, -0.2) is 48.9 Å². The Bertz CT molecular complexity index is 1360. The molecular formula is C25H29N5O4S. The number of nitrogens with one attached hydrogen (secondary N) is 2. The molecule has 3 rings (SSSR count). The first-order valence-corrected chi connectivity index (χ1v) is 12.3. The van der Waals surface area contributed by atoms with E-state index in [4.69, 9.17) is 0 Å². The number of carbonyl (C=O) groups is 2. The minimum atomic E-state index is -3.89. The second-order valence-electron chi connectivity index (χ2n) is 8.26. The third-order valence-corrected chi connectivity index (χ3v) is 7.22. The lowest BCUT2D eigenvalue weighted by molar-refractivity contribution is -0.121. The van der Waals surface area contributed by atoms with Crippen molar-refractivity contribution in [1.82, 2.24) is 14.3 Å². The van der Waals surface area contributed by atoms with E-state index in [0.717, 1.165) is 26.9 Å². The van der Waals surface area contributed by atoms with Crippen LogP contribution in [0.4, 0.5) is 5.69 Å². The summed E-state index contributed by atoms with van der Waals surface area (Å²) in [4.78, 5) is 23.5. The third kappa shape index (κ3) is 6.23. The highest BCUT2D eigenvalue weighted by molar-refractivity contribution is 7.89. The van der Waals surface area contributed by atoms with Crippen molar-refractivity contribution in [2.45, 2.75) is 32.6 Å². The molecule has 2 amide bonds. The number of likely N-dealkylation sites (N-methyl/N-ethyl adjacent to an activating group) is 1. The van der Waals surface area contributed by atoms with Gasteiger partial charge in [-0.15, -0.1) is 0 Å². The molecule has 0 fully saturated rings. The molecule has 0 saturated carbocycles. The lowest BCUT2D eigenvalue weighted by atomic mass is 10.2. The van der Waals surface area contributed by atoms with Gasteiger partial charge in [0.2, 0.25) is 15.9 Å². The number of amides is 2. The Morgan fingerprint density at radius 1 is 1.03 bits per heavy atom. The SMILES string of the molecule is CC(=O)Nc1ccc(S(=O)(=O)N(C)CC(=O)N/N=C\c2cc(C)n(-c3ccc(C)cc3)c2C)cc1. The first-order valence-electron chi connectivity index (χ1n) is 10.9. The predicted molar refractivity (Wildman–Crippen MR) is 136 cm³/mol. The van der Waals surface area contributed by atoms with E-state index in [-0.39, 0.29) is 10.8 Å². The van der Waals surface area contributed by atoms with Gasteiger partial charge in [0, 0.05) is 42.3 Å². The Morgan fingerprint density at radius 2 is 1.66 bits per heavy atom. The van der Waals surface area contributed by atoms with E-state index in [1.54, 1.807) is 6.21 Å². The molecule has 0 aliphatic carbocycles. The van der Waals surface area contributed by atoms with Crippen molar-refractivity contribution in [3.63, 3.8) is 0 Å². The molecule has 0 saturated heterocycles. The van der Waals surface area contributed by atoms with Crippen molar-refractivity contribution in [1.29, 1.82) is 0 Å². The molecule has 35 heavy (non-hydrogen) atoms. The molecular weight excluding hydrogens is 466 g/mol. The highest BCUT2D eigenvalue weighted by Crippen LogP contribution is 2.20. The average Bonchev–Trinajstić information content (AvgIpc) is 3.07. The number of hydrogen-bond donors (Lipinski definition) is 2. The van der Waals surface area contributed by atoms with E-state index >= 15 is 0 Å². The van der Waals surface area contributed by atoms with Crippen molar-refractivity contribution in [2.75, 3.05) is 18.9 Å². The number of hydrazone groups is 1. The fourth-order valence-corrected chi connectivity index (χ4v) is 4.73. The zero-order valence-electron chi connectivity index (χ0n) is 20.4. The maximum atomic E-state index is 12.8. The van der Waals surface area contributed by atoms with E-state index in [1.807, 2.05) is 51.1 Å². The molecule has 0 aliphatic heterocycles. The molecule has 0 spiro atoms. The summed E-state index contributed by atoms with van der Waals surface area (Å²) in [5.74, 6) is -0.832. The van der Waals surface area contributed by atoms with Gasteiger partial charge in [0.05, 0.1) is 17.7 Å². The van der Waals surface area contributed by atoms with Gasteiger partial charge in [-0.3, -0.25) is 9.59 Å². The summed E-state index contributed by atoms with van der Waals surface area (Å²) in [6.07, 6.45) is 1.54. The zero-order chi connectivity index (χ0) is 25.8. The van der Waals surface area contributed by atoms with Crippen molar-refractivity contribution in [2.24, 2.45) is 5.10 Å². The van der Waals surface area contributed by atoms with Crippen LogP contribution in [0.5, 0.6) is 0 Å². The summed E-state index contributed by atoms with van der Waals surface area (Å²) in [6, 6.07) is 15.9. The maximum absolute atomic E-state index is 12.8. The zero-order valence-corrected chi connectivity index (χ0v) is 21.2. The van der Waals surface area contributed by atoms with Crippen molar-refractivity contribution < 1.29 is 18.0 Å². The highest BCUT2D eigenvalue weighted by atomic mass is 32.2. The molecule has 2 aromatic carbocycles. The minimum absolute atomic E-state index is 0.00829. The number of anilines is 1. The van der Waals surface area contributed by atoms with Crippen LogP contribution in [0, 0.1) is 20.8 Å². The van der Waals surface area contributed by atoms with Crippen LogP contribution in [0.1, 0.15) is 29.4 Å². The van der Waals surface area contributed by atoms with E-state index in [2.05, 4.69) is 20.4 Å². The maximum Gasteiger partial charge on any atom is 0.255 e. The van der Waals surface area contributed by atoms with Crippen LogP contribution in [-0.2, 0) is 19.6 Å². The lowest BCUT2D eigenvalue weighted by Crippen LogP contribution is -2.36. The molecule has 0 atom stereocenters. The number of rotatable bonds is 8. The lowest BCUT2D eigenvalue weighted by Gasteiger charge is -2.16. The fraction of sp³-hybridized carbons (Fsp3) is 0.240. The molecule has 9 nitrogen and oxygen atoms in total. The normalized spacial score (nSPS) is 11.7. The summed E-state index contributed by atoms with van der Waals surface area (Å²) >= 11 is 0. The quantitative estimate of drug-likeness (QED) is 0.369. The fourth-order valence-electron chi connectivity index (χ4n) is 3.60. The molecule has 0 aliphatic rings. The Kier molecular flexibility index (Phi) is 7.88. The number of nitrogens with zero attached hydrogens (tertiary/aromatic N) is 3. The number of sulfonamides is 1. The first kappa shape index (κ1) is 25.9. The van der Waals surface area contributed by atoms with Crippen LogP contribution in [0.25, 0.3) is 5.69 Å². The number of hydrogen-bond acceptors (Lipinski definition) is 5. The number of aryl methyl sites for hydroxylation is 2. The molecule has 1 heterocycles. The van der Waals surface area contributed by atoms with Gasteiger partial charge in [-0.05, 0) is 63.2 Å². The van der Waals surface area contributed by atoms with E-state index in [1.165, 1.54) is 43.8 Å². The summed E-state index contributed by atoms with van der Waals surface area (Å²) in [5, 5.41) is 6.59. The Morgan fingerprint density at radius 3 is 2.26 bits per heavy atom. The summed E-state index contributed by atoms with van der Waals surface area (Å²) in [6.45, 7) is 6.95. The van der Waals surface area contributed by atoms with Gasteiger partial charge in [0.1, 0.15) is 0 Å². The van der Waals surface area contributed by atoms with Crippen LogP contribution in [0.15, 0.2) is 64.6 Å². The van der Waals surface area contributed by atoms with Gasteiger partial charge in [0.25, 0.3) is 5.91 Å². The summed E-state index contributed by atoms with van der Waals surface area (Å²) in [7, 11) is -2.58. The number of aromatic nitrogens is 1. The molecule has 0 radical (unpaired) electrons. The molecule has 0 unspecified atom stereocenters. The monoisotopic (exact) mass is 495 g/mol. The van der Waals surface area contributed by atoms with Crippen LogP contribution < -0.4 is 10.7 Å².